The van der Waals surface area contributed by atoms with Gasteiger partial charge in [-0.05, 0) is 56.5 Å². The zero-order chi connectivity index (χ0) is 18.2. The SMILES string of the molecule is COCCN1CCC(CNC(=O)C(=O)Nc2ccc(C)c(F)c2)CC1. The number of methoxy groups -OCH3 is 1. The maximum absolute atomic E-state index is 13.5. The Bertz CT molecular complexity index is 601. The third-order valence-electron chi connectivity index (χ3n) is 4.51. The molecule has 0 radical (unpaired) electrons. The van der Waals surface area contributed by atoms with Crippen LogP contribution in [-0.4, -0.2) is 56.6 Å². The molecule has 7 heteroatoms. The summed E-state index contributed by atoms with van der Waals surface area (Å²) in [5, 5.41) is 5.08. The summed E-state index contributed by atoms with van der Waals surface area (Å²) in [6, 6.07) is 4.33. The quantitative estimate of drug-likeness (QED) is 0.763. The molecule has 1 fully saturated rings. The van der Waals surface area contributed by atoms with Gasteiger partial charge in [0.15, 0.2) is 0 Å². The fraction of sp³-hybridized carbons (Fsp3) is 0.556. The number of likely N-dealkylation sites (tertiary alicyclic amines) is 1. The van der Waals surface area contributed by atoms with Crippen LogP contribution in [0.5, 0.6) is 0 Å². The third kappa shape index (κ3) is 6.10. The van der Waals surface area contributed by atoms with Crippen LogP contribution < -0.4 is 10.6 Å². The molecule has 2 rings (SSSR count). The van der Waals surface area contributed by atoms with Gasteiger partial charge in [-0.2, -0.15) is 0 Å². The number of nitrogens with zero attached hydrogens (tertiary/aromatic N) is 1. The van der Waals surface area contributed by atoms with E-state index in [4.69, 9.17) is 4.74 Å². The highest BCUT2D eigenvalue weighted by molar-refractivity contribution is 6.39. The molecule has 2 N–H and O–H groups in total. The molecule has 1 aliphatic heterocycles. The van der Waals surface area contributed by atoms with E-state index >= 15 is 0 Å². The van der Waals surface area contributed by atoms with Crippen LogP contribution in [0.15, 0.2) is 18.2 Å². The molecule has 0 spiro atoms. The normalized spacial score (nSPS) is 15.8. The van der Waals surface area contributed by atoms with E-state index in [0.29, 0.717) is 18.0 Å². The minimum atomic E-state index is -0.777. The molecule has 1 aromatic carbocycles. The Morgan fingerprint density at radius 1 is 1.28 bits per heavy atom. The first kappa shape index (κ1) is 19.3. The van der Waals surface area contributed by atoms with Gasteiger partial charge in [0.25, 0.3) is 0 Å². The lowest BCUT2D eigenvalue weighted by Crippen LogP contribution is -2.42. The number of halogens is 1. The molecule has 25 heavy (non-hydrogen) atoms. The van der Waals surface area contributed by atoms with E-state index in [1.54, 1.807) is 26.2 Å². The van der Waals surface area contributed by atoms with E-state index < -0.39 is 17.6 Å². The first-order valence-corrected chi connectivity index (χ1v) is 8.56. The fourth-order valence-corrected chi connectivity index (χ4v) is 2.81. The number of nitrogens with one attached hydrogen (secondary N) is 2. The van der Waals surface area contributed by atoms with Crippen molar-refractivity contribution in [3.8, 4) is 0 Å². The molecule has 138 valence electrons. The molecule has 1 aliphatic rings. The Morgan fingerprint density at radius 2 is 2.00 bits per heavy atom. The fourth-order valence-electron chi connectivity index (χ4n) is 2.81. The third-order valence-corrected chi connectivity index (χ3v) is 4.51. The van der Waals surface area contributed by atoms with Crippen LogP contribution in [0, 0.1) is 18.7 Å². The van der Waals surface area contributed by atoms with E-state index in [1.165, 1.54) is 6.07 Å². The van der Waals surface area contributed by atoms with Crippen molar-refractivity contribution in [1.29, 1.82) is 0 Å². The second kappa shape index (κ2) is 9.48. The first-order chi connectivity index (χ1) is 12.0. The summed E-state index contributed by atoms with van der Waals surface area (Å²) < 4.78 is 18.5. The van der Waals surface area contributed by atoms with Gasteiger partial charge in [-0.15, -0.1) is 0 Å². The summed E-state index contributed by atoms with van der Waals surface area (Å²) >= 11 is 0. The Morgan fingerprint density at radius 3 is 2.64 bits per heavy atom. The summed E-state index contributed by atoms with van der Waals surface area (Å²) in [6.07, 6.45) is 1.96. The molecule has 6 nitrogen and oxygen atoms in total. The number of hydrogen-bond acceptors (Lipinski definition) is 4. The van der Waals surface area contributed by atoms with Crippen molar-refractivity contribution in [2.75, 3.05) is 45.2 Å². The van der Waals surface area contributed by atoms with Crippen molar-refractivity contribution in [2.24, 2.45) is 5.92 Å². The number of aryl methyl sites for hydroxylation is 1. The molecular formula is C18H26FN3O3. The summed E-state index contributed by atoms with van der Waals surface area (Å²) in [5.74, 6) is -1.52. The lowest BCUT2D eigenvalue weighted by Gasteiger charge is -2.31. The molecule has 0 atom stereocenters. The largest absolute Gasteiger partial charge is 0.383 e. The molecular weight excluding hydrogens is 325 g/mol. The van der Waals surface area contributed by atoms with Gasteiger partial charge in [-0.25, -0.2) is 4.39 Å². The van der Waals surface area contributed by atoms with Crippen molar-refractivity contribution in [3.63, 3.8) is 0 Å². The Kier molecular flexibility index (Phi) is 7.33. The summed E-state index contributed by atoms with van der Waals surface area (Å²) in [5.41, 5.74) is 0.758. The standard InChI is InChI=1S/C18H26FN3O3/c1-13-3-4-15(11-16(13)19)21-18(24)17(23)20-12-14-5-7-22(8-6-14)9-10-25-2/h3-4,11,14H,5-10,12H2,1-2H3,(H,20,23)(H,21,24). The Hall–Kier alpha value is -1.99. The second-order valence-electron chi connectivity index (χ2n) is 6.41. The van der Waals surface area contributed by atoms with E-state index in [9.17, 15) is 14.0 Å². The van der Waals surface area contributed by atoms with Crippen LogP contribution in [0.2, 0.25) is 0 Å². The van der Waals surface area contributed by atoms with Gasteiger partial charge in [0.2, 0.25) is 0 Å². The lowest BCUT2D eigenvalue weighted by molar-refractivity contribution is -0.136. The van der Waals surface area contributed by atoms with E-state index in [-0.39, 0.29) is 5.69 Å². The van der Waals surface area contributed by atoms with Gasteiger partial charge in [0.1, 0.15) is 5.82 Å². The second-order valence-corrected chi connectivity index (χ2v) is 6.41. The van der Waals surface area contributed by atoms with Gasteiger partial charge in [0, 0.05) is 25.9 Å². The van der Waals surface area contributed by atoms with Crippen molar-refractivity contribution >= 4 is 17.5 Å². The maximum Gasteiger partial charge on any atom is 0.313 e. The van der Waals surface area contributed by atoms with Crippen LogP contribution in [-0.2, 0) is 14.3 Å². The average molecular weight is 351 g/mol. The van der Waals surface area contributed by atoms with Crippen LogP contribution in [0.1, 0.15) is 18.4 Å². The van der Waals surface area contributed by atoms with Gasteiger partial charge in [0.05, 0.1) is 6.61 Å². The minimum absolute atomic E-state index is 0.273. The van der Waals surface area contributed by atoms with Crippen molar-refractivity contribution in [2.45, 2.75) is 19.8 Å². The zero-order valence-corrected chi connectivity index (χ0v) is 14.8. The molecule has 1 heterocycles. The lowest BCUT2D eigenvalue weighted by atomic mass is 9.97. The van der Waals surface area contributed by atoms with E-state index in [2.05, 4.69) is 15.5 Å². The predicted molar refractivity (Wildman–Crippen MR) is 93.8 cm³/mol. The Balaban J connectivity index is 1.71. The highest BCUT2D eigenvalue weighted by Gasteiger charge is 2.21. The minimum Gasteiger partial charge on any atom is -0.383 e. The number of rotatable bonds is 6. The molecule has 0 saturated carbocycles. The van der Waals surface area contributed by atoms with Crippen molar-refractivity contribution in [1.82, 2.24) is 10.2 Å². The number of carbonyl (C=O) groups is 2. The summed E-state index contributed by atoms with van der Waals surface area (Å²) in [6.45, 7) is 5.70. The molecule has 2 amide bonds. The highest BCUT2D eigenvalue weighted by atomic mass is 19.1. The van der Waals surface area contributed by atoms with Gasteiger partial charge in [-0.3, -0.25) is 9.59 Å². The number of ether oxygens (including phenoxy) is 1. The number of hydrogen-bond donors (Lipinski definition) is 2. The molecule has 1 saturated heterocycles. The first-order valence-electron chi connectivity index (χ1n) is 8.56. The highest BCUT2D eigenvalue weighted by Crippen LogP contribution is 2.16. The number of piperidine rings is 1. The number of amides is 2. The monoisotopic (exact) mass is 351 g/mol. The van der Waals surface area contributed by atoms with Crippen molar-refractivity contribution < 1.29 is 18.7 Å². The Labute approximate surface area is 147 Å². The maximum atomic E-state index is 13.5. The summed E-state index contributed by atoms with van der Waals surface area (Å²) in [4.78, 5) is 26.1. The molecule has 0 aromatic heterocycles. The van der Waals surface area contributed by atoms with E-state index in [1.807, 2.05) is 0 Å². The van der Waals surface area contributed by atoms with Gasteiger partial charge >= 0.3 is 11.8 Å². The number of benzene rings is 1. The topological polar surface area (TPSA) is 70.7 Å². The van der Waals surface area contributed by atoms with Gasteiger partial charge in [-0.1, -0.05) is 6.07 Å². The number of anilines is 1. The zero-order valence-electron chi connectivity index (χ0n) is 14.8. The van der Waals surface area contributed by atoms with Crippen LogP contribution >= 0.6 is 0 Å². The van der Waals surface area contributed by atoms with Crippen LogP contribution in [0.3, 0.4) is 0 Å². The summed E-state index contributed by atoms with van der Waals surface area (Å²) in [7, 11) is 1.69. The molecule has 0 aliphatic carbocycles. The molecule has 0 unspecified atom stereocenters. The van der Waals surface area contributed by atoms with E-state index in [0.717, 1.165) is 39.1 Å². The van der Waals surface area contributed by atoms with Crippen LogP contribution in [0.25, 0.3) is 0 Å². The van der Waals surface area contributed by atoms with Gasteiger partial charge < -0.3 is 20.3 Å². The van der Waals surface area contributed by atoms with Crippen LogP contribution in [0.4, 0.5) is 10.1 Å². The number of carbonyl (C=O) groups excluding carboxylic acids is 2. The molecule has 0 bridgehead atoms. The van der Waals surface area contributed by atoms with Crippen molar-refractivity contribution in [3.05, 3.63) is 29.6 Å². The molecule has 1 aromatic rings. The predicted octanol–water partition coefficient (Wildman–Crippen LogP) is 1.55. The average Bonchev–Trinajstić information content (AvgIpc) is 2.61. The smallest absolute Gasteiger partial charge is 0.313 e.